The molecule has 0 aliphatic rings. The van der Waals surface area contributed by atoms with Gasteiger partial charge in [0.1, 0.15) is 40.5 Å². The number of benzene rings is 3. The maximum Gasteiger partial charge on any atom is 0.313 e. The van der Waals surface area contributed by atoms with Crippen LogP contribution in [0, 0.1) is 56.3 Å². The number of para-hydroxylation sites is 3. The molecule has 7 aromatic heterocycles. The number of aryl methyl sites for hydroxylation is 4. The third kappa shape index (κ3) is 26.7. The summed E-state index contributed by atoms with van der Waals surface area (Å²) in [5, 5.41) is 63.5. The third-order valence-corrected chi connectivity index (χ3v) is 15.7. The Morgan fingerprint density at radius 1 is 0.517 bits per heavy atom. The maximum atomic E-state index is 12.6. The number of terminal acetylenes is 1. The predicted molar refractivity (Wildman–Crippen MR) is 436 cm³/mol. The number of anilines is 9. The first-order valence-corrected chi connectivity index (χ1v) is 35.9. The minimum Gasteiger partial charge on any atom is -0.494 e. The molecule has 0 unspecified atom stereocenters. The Hall–Kier alpha value is -13.8. The van der Waals surface area contributed by atoms with E-state index in [1.54, 1.807) is 128 Å². The lowest BCUT2D eigenvalue weighted by molar-refractivity contribution is -0.158. The normalized spacial score (nSPS) is 10.7. The number of ketones is 1. The molecule has 0 spiro atoms. The third-order valence-electron chi connectivity index (χ3n) is 15.3. The molecule has 116 heavy (non-hydrogen) atoms. The Morgan fingerprint density at radius 2 is 0.931 bits per heavy atom. The molecule has 40 heteroatoms. The molecule has 0 saturated heterocycles. The summed E-state index contributed by atoms with van der Waals surface area (Å²) in [6.07, 6.45) is 9.07. The monoisotopic (exact) mass is 1630 g/mol. The number of Topliss-reactive ketones (excluding diaryl/α,β-unsaturated/α-hetero) is 1. The molecule has 0 aliphatic carbocycles. The van der Waals surface area contributed by atoms with Gasteiger partial charge in [-0.1, -0.05) is 83.6 Å². The zero-order valence-corrected chi connectivity index (χ0v) is 69.0. The van der Waals surface area contributed by atoms with Crippen molar-refractivity contribution in [2.75, 3.05) is 76.0 Å². The van der Waals surface area contributed by atoms with Crippen LogP contribution in [-0.2, 0) is 37.3 Å². The number of hydrogen-bond acceptors (Lipinski definition) is 31. The Bertz CT molecular complexity index is 5170. The summed E-state index contributed by atoms with van der Waals surface area (Å²) >= 11 is 11.8. The fourth-order valence-electron chi connectivity index (χ4n) is 9.73. The molecule has 0 radical (unpaired) electrons. The van der Waals surface area contributed by atoms with Crippen LogP contribution >= 0.6 is 23.2 Å². The number of carbonyl (C=O) groups excluding carboxylic acids is 6. The van der Waals surface area contributed by atoms with E-state index in [4.69, 9.17) is 64.6 Å². The molecule has 3 amide bonds. The summed E-state index contributed by atoms with van der Waals surface area (Å²) in [6.45, 7) is 23.7. The van der Waals surface area contributed by atoms with Crippen LogP contribution in [0.15, 0.2) is 102 Å². The van der Waals surface area contributed by atoms with Crippen LogP contribution in [0.4, 0.5) is 51.6 Å². The summed E-state index contributed by atoms with van der Waals surface area (Å²) < 4.78 is 30.1. The second kappa shape index (κ2) is 42.2. The van der Waals surface area contributed by atoms with E-state index in [1.807, 2.05) is 47.6 Å². The number of methoxy groups -OCH3 is 3. The first kappa shape index (κ1) is 91.1. The van der Waals surface area contributed by atoms with Crippen LogP contribution in [0.25, 0.3) is 33.0 Å². The number of carbonyl (C=O) groups is 6. The van der Waals surface area contributed by atoms with Crippen LogP contribution < -0.4 is 57.2 Å². The predicted octanol–water partition coefficient (Wildman–Crippen LogP) is 11.8. The summed E-state index contributed by atoms with van der Waals surface area (Å²) in [6, 6.07) is 24.2. The number of hydrogen-bond donors (Lipinski definition) is 8. The number of esters is 2. The molecule has 0 atom stereocenters. The lowest BCUT2D eigenvalue weighted by Crippen LogP contribution is -2.24. The van der Waals surface area contributed by atoms with Crippen molar-refractivity contribution in [3.8, 4) is 52.1 Å². The van der Waals surface area contributed by atoms with Gasteiger partial charge in [0.2, 0.25) is 0 Å². The number of amides is 3. The molecule has 0 aliphatic heterocycles. The Morgan fingerprint density at radius 3 is 1.32 bits per heavy atom. The van der Waals surface area contributed by atoms with Gasteiger partial charge in [0.05, 0.1) is 84.2 Å². The Balaban J connectivity index is 0.000000248. The van der Waals surface area contributed by atoms with E-state index in [0.717, 1.165) is 17.2 Å². The van der Waals surface area contributed by atoms with Gasteiger partial charge in [-0.25, -0.2) is 29.3 Å². The van der Waals surface area contributed by atoms with E-state index in [0.29, 0.717) is 109 Å². The van der Waals surface area contributed by atoms with Gasteiger partial charge in [0.15, 0.2) is 63.9 Å². The number of aromatic nitrogens is 16. The molecule has 0 fully saturated rings. The highest BCUT2D eigenvalue weighted by Crippen LogP contribution is 2.40. The quantitative estimate of drug-likeness (QED) is 0.00969. The highest BCUT2D eigenvalue weighted by atomic mass is 35.5. The number of nitrogens with one attached hydrogen (secondary N) is 7. The molecule has 3 aromatic carbocycles. The van der Waals surface area contributed by atoms with Crippen LogP contribution in [0.1, 0.15) is 129 Å². The molecule has 9 N–H and O–H groups in total. The summed E-state index contributed by atoms with van der Waals surface area (Å²) in [5.74, 6) is 4.88. The maximum absolute atomic E-state index is 12.6. The van der Waals surface area contributed by atoms with Gasteiger partial charge < -0.3 is 66.6 Å². The minimum absolute atomic E-state index is 0.0694. The minimum atomic E-state index is -0.635. The molecular weight excluding hydrogens is 1540 g/mol. The molecule has 0 saturated carbocycles. The van der Waals surface area contributed by atoms with Crippen molar-refractivity contribution in [1.82, 2.24) is 96.5 Å². The fraction of sp³-hybridized carbons (Fsp3) is 0.342. The number of ether oxygens (including phenoxy) is 5. The van der Waals surface area contributed by atoms with E-state index < -0.39 is 28.6 Å². The topological polar surface area (TPSA) is 498 Å². The average Bonchev–Trinajstić information content (AvgIpc) is 1.42. The fourth-order valence-corrected chi connectivity index (χ4v) is 10.0. The Kier molecular flexibility index (Phi) is 33.1. The van der Waals surface area contributed by atoms with E-state index in [-0.39, 0.29) is 70.5 Å². The zero-order chi connectivity index (χ0) is 85.8. The highest BCUT2D eigenvalue weighted by molar-refractivity contribution is 6.30. The van der Waals surface area contributed by atoms with Crippen molar-refractivity contribution >= 4 is 110 Å². The van der Waals surface area contributed by atoms with Crippen LogP contribution in [-0.4, -0.2) is 165 Å². The summed E-state index contributed by atoms with van der Waals surface area (Å²) in [7, 11) is 9.05. The molecule has 38 nitrogen and oxygen atoms in total. The number of azide groups is 1. The first-order chi connectivity index (χ1) is 54.9. The van der Waals surface area contributed by atoms with Crippen molar-refractivity contribution in [3.05, 3.63) is 164 Å². The number of nitrogens with zero attached hydrogens (tertiary/aromatic N) is 19. The number of nitrogen functional groups attached to an aromatic ring is 1. The standard InChI is InChI=1S/C27H32N10O4.C21H24ClN7O4.C15H13ClN4O2.C7H13N3O.C6H9N3/c1-15-11-21(30-16(2)29-15)32-22-12-19(23(35-34-22)25(38)28-6)31-18-10-8-9-17(24(18)40-7)20-13-37(36-33-20)14-41-26(39)27(3,4)5;1-21(2,3)20(31)33-11-29-10-15(25-28-29)12-7-6-8-13(18(12)32-5)24-14-9-16(22)26-27-17(14)19(30)23-4;1-4-9-6-5-7-10(14(9)22-3)18-11-8-12(16)19-20-13(11)15(21)17-2;1-7(2,3)6(11)4-5-9-10-8;1-4-3-6(7)9-5(2)8-4/h8-13H,14H2,1-7H3,(H,28,38)(H2,29,30,31,32,34);6-10H,11H2,1-5H3,(H,23,30)(H,24,26);1,5-8H,2-3H3,(H,17,21)(H,18,19);4-5H2,1-3H3;3H,1-2H3,(H2,7,8,9). The van der Waals surface area contributed by atoms with Crippen molar-refractivity contribution in [1.29, 1.82) is 0 Å². The smallest absolute Gasteiger partial charge is 0.313 e. The van der Waals surface area contributed by atoms with E-state index >= 15 is 0 Å². The second-order valence-electron chi connectivity index (χ2n) is 27.6. The van der Waals surface area contributed by atoms with E-state index in [2.05, 4.69) is 124 Å². The van der Waals surface area contributed by atoms with Crippen molar-refractivity contribution < 1.29 is 52.5 Å². The van der Waals surface area contributed by atoms with Gasteiger partial charge in [-0.3, -0.25) is 28.8 Å². The zero-order valence-electron chi connectivity index (χ0n) is 67.5. The van der Waals surface area contributed by atoms with Gasteiger partial charge in [-0.2, -0.15) is 0 Å². The molecule has 10 rings (SSSR count). The van der Waals surface area contributed by atoms with E-state index in [9.17, 15) is 28.8 Å². The number of nitrogens with two attached hydrogens (primary N) is 1. The van der Waals surface area contributed by atoms with Crippen LogP contribution in [0.2, 0.25) is 10.3 Å². The van der Waals surface area contributed by atoms with Gasteiger partial charge in [-0.15, -0.1) is 47.2 Å². The van der Waals surface area contributed by atoms with Crippen LogP contribution in [0.5, 0.6) is 17.2 Å². The molecular formula is C76H91Cl2N27O11. The number of rotatable bonds is 23. The Labute approximate surface area is 679 Å². The van der Waals surface area contributed by atoms with Crippen molar-refractivity contribution in [3.63, 3.8) is 0 Å². The van der Waals surface area contributed by atoms with E-state index in [1.165, 1.54) is 64.0 Å². The lowest BCUT2D eigenvalue weighted by atomic mass is 9.89. The molecule has 10 aromatic rings. The SMILES string of the molecule is C#Cc1cccc(Nc2cc(Cl)nnc2C(=O)NC)c1OC.CC(C)(C)C(=O)CCN=[N+]=[N-].CNC(=O)c1nnc(Cl)cc1Nc1cccc(-c2cn(COC(=O)C(C)(C)C)nn2)c1OC.CNC(=O)c1nnc(Nc2cc(C)nc(C)n2)cc1Nc1cccc(-c2cn(COC(=O)C(C)(C)C)nn2)c1OC.Cc1cc(N)nc(C)n1. The van der Waals surface area contributed by atoms with Crippen molar-refractivity contribution in [2.45, 2.75) is 110 Å². The lowest BCUT2D eigenvalue weighted by Gasteiger charge is -2.16. The van der Waals surface area contributed by atoms with Gasteiger partial charge in [0.25, 0.3) is 17.7 Å². The first-order valence-electron chi connectivity index (χ1n) is 35.1. The average molecular weight is 1630 g/mol. The highest BCUT2D eigenvalue weighted by Gasteiger charge is 2.27. The summed E-state index contributed by atoms with van der Waals surface area (Å²) in [4.78, 5) is 91.1. The van der Waals surface area contributed by atoms with Gasteiger partial charge in [-0.05, 0) is 111 Å². The van der Waals surface area contributed by atoms with Crippen LogP contribution in [0.3, 0.4) is 0 Å². The number of halogens is 2. The molecule has 0 bridgehead atoms. The van der Waals surface area contributed by atoms with Gasteiger partial charge >= 0.3 is 11.9 Å². The molecule has 610 valence electrons. The molecule has 7 heterocycles. The van der Waals surface area contributed by atoms with Crippen molar-refractivity contribution in [2.24, 2.45) is 21.4 Å². The van der Waals surface area contributed by atoms with Gasteiger partial charge in [0, 0.05) is 97.3 Å². The largest absolute Gasteiger partial charge is 0.494 e. The second-order valence-corrected chi connectivity index (χ2v) is 28.4. The summed E-state index contributed by atoms with van der Waals surface area (Å²) in [5.41, 5.74) is 19.4.